The van der Waals surface area contributed by atoms with E-state index in [1.807, 2.05) is 6.07 Å². The Balaban J connectivity index is 1.48. The van der Waals surface area contributed by atoms with E-state index in [1.54, 1.807) is 0 Å². The van der Waals surface area contributed by atoms with Crippen LogP contribution in [-0.2, 0) is 0 Å². The van der Waals surface area contributed by atoms with Gasteiger partial charge in [0.25, 0.3) is 0 Å². The Morgan fingerprint density at radius 1 is 1.05 bits per heavy atom. The van der Waals surface area contributed by atoms with Crippen LogP contribution in [-0.4, -0.2) is 12.8 Å². The first kappa shape index (κ1) is 11.6. The number of rotatable bonds is 5. The second kappa shape index (κ2) is 4.41. The highest BCUT2D eigenvalue weighted by Gasteiger charge is 2.41. The summed E-state index contributed by atoms with van der Waals surface area (Å²) in [6.07, 6.45) is 5.67. The minimum absolute atomic E-state index is 0.355. The molecule has 0 aromatic heterocycles. The Bertz CT molecular complexity index is 468. The van der Waals surface area contributed by atoms with Crippen LogP contribution in [0.3, 0.4) is 0 Å². The standard InChI is InChI=1S/C16H21NO2/c1-10(17-16(11-2-3-11)12-4-5-12)13-6-7-14-15(8-13)19-9-18-14/h6-8,10-12,16-17H,2-5,9H2,1H3. The molecule has 0 bridgehead atoms. The average Bonchev–Trinajstić information content (AvgIpc) is 3.33. The summed E-state index contributed by atoms with van der Waals surface area (Å²) in [5.41, 5.74) is 1.30. The van der Waals surface area contributed by atoms with Crippen LogP contribution in [0.5, 0.6) is 11.5 Å². The lowest BCUT2D eigenvalue weighted by Crippen LogP contribution is -2.35. The van der Waals surface area contributed by atoms with Gasteiger partial charge in [-0.15, -0.1) is 0 Å². The Kier molecular flexibility index (Phi) is 2.69. The third-order valence-electron chi connectivity index (χ3n) is 4.60. The molecule has 0 saturated heterocycles. The first-order valence-electron chi connectivity index (χ1n) is 7.47. The summed E-state index contributed by atoms with van der Waals surface area (Å²) in [7, 11) is 0. The van der Waals surface area contributed by atoms with E-state index in [9.17, 15) is 0 Å². The average molecular weight is 259 g/mol. The van der Waals surface area contributed by atoms with Gasteiger partial charge in [-0.1, -0.05) is 6.07 Å². The van der Waals surface area contributed by atoms with Crippen molar-refractivity contribution in [2.45, 2.75) is 44.7 Å². The molecule has 1 atom stereocenters. The van der Waals surface area contributed by atoms with Gasteiger partial charge in [0.2, 0.25) is 6.79 Å². The van der Waals surface area contributed by atoms with E-state index in [-0.39, 0.29) is 0 Å². The number of benzene rings is 1. The lowest BCUT2D eigenvalue weighted by atomic mass is 10.0. The number of ether oxygens (including phenoxy) is 2. The van der Waals surface area contributed by atoms with E-state index < -0.39 is 0 Å². The van der Waals surface area contributed by atoms with Crippen molar-refractivity contribution in [2.75, 3.05) is 6.79 Å². The number of nitrogens with one attached hydrogen (secondary N) is 1. The molecule has 3 nitrogen and oxygen atoms in total. The van der Waals surface area contributed by atoms with Crippen LogP contribution in [0.25, 0.3) is 0 Å². The van der Waals surface area contributed by atoms with Crippen molar-refractivity contribution in [3.63, 3.8) is 0 Å². The van der Waals surface area contributed by atoms with Crippen LogP contribution in [0.1, 0.15) is 44.2 Å². The molecule has 2 fully saturated rings. The van der Waals surface area contributed by atoms with Crippen LogP contribution in [0.4, 0.5) is 0 Å². The maximum Gasteiger partial charge on any atom is 0.231 e. The molecule has 1 heterocycles. The summed E-state index contributed by atoms with van der Waals surface area (Å²) in [5, 5.41) is 3.85. The zero-order valence-corrected chi connectivity index (χ0v) is 11.4. The molecule has 1 aromatic rings. The molecule has 0 spiro atoms. The molecule has 1 unspecified atom stereocenters. The summed E-state index contributed by atoms with van der Waals surface area (Å²) in [6, 6.07) is 7.43. The normalized spacial score (nSPS) is 22.8. The zero-order valence-electron chi connectivity index (χ0n) is 11.4. The molecular formula is C16H21NO2. The third-order valence-corrected chi connectivity index (χ3v) is 4.60. The smallest absolute Gasteiger partial charge is 0.231 e. The van der Waals surface area contributed by atoms with Gasteiger partial charge >= 0.3 is 0 Å². The summed E-state index contributed by atoms with van der Waals surface area (Å²) in [5.74, 6) is 3.63. The predicted octanol–water partition coefficient (Wildman–Crippen LogP) is 3.25. The first-order chi connectivity index (χ1) is 9.31. The molecule has 3 aliphatic rings. The fourth-order valence-electron chi connectivity index (χ4n) is 3.14. The van der Waals surface area contributed by atoms with Gasteiger partial charge in [-0.3, -0.25) is 0 Å². The van der Waals surface area contributed by atoms with Crippen LogP contribution in [0, 0.1) is 11.8 Å². The van der Waals surface area contributed by atoms with Gasteiger partial charge in [0.05, 0.1) is 0 Å². The second-order valence-electron chi connectivity index (χ2n) is 6.20. The Hall–Kier alpha value is -1.22. The number of fused-ring (bicyclic) bond motifs is 1. The van der Waals surface area contributed by atoms with Gasteiger partial charge in [0.1, 0.15) is 0 Å². The van der Waals surface area contributed by atoms with E-state index in [0.717, 1.165) is 29.4 Å². The van der Waals surface area contributed by atoms with Gasteiger partial charge in [-0.2, -0.15) is 0 Å². The Labute approximate surface area is 114 Å². The van der Waals surface area contributed by atoms with Gasteiger partial charge in [0.15, 0.2) is 11.5 Å². The van der Waals surface area contributed by atoms with Gasteiger partial charge in [-0.05, 0) is 62.1 Å². The van der Waals surface area contributed by atoms with E-state index >= 15 is 0 Å². The van der Waals surface area contributed by atoms with Crippen molar-refractivity contribution in [1.82, 2.24) is 5.32 Å². The summed E-state index contributed by atoms with van der Waals surface area (Å²) in [4.78, 5) is 0. The van der Waals surface area contributed by atoms with Gasteiger partial charge in [0, 0.05) is 12.1 Å². The highest BCUT2D eigenvalue weighted by atomic mass is 16.7. The number of hydrogen-bond donors (Lipinski definition) is 1. The monoisotopic (exact) mass is 259 g/mol. The molecule has 1 aliphatic heterocycles. The molecule has 3 heteroatoms. The molecule has 4 rings (SSSR count). The second-order valence-corrected chi connectivity index (χ2v) is 6.20. The highest BCUT2D eigenvalue weighted by molar-refractivity contribution is 5.45. The molecule has 19 heavy (non-hydrogen) atoms. The topological polar surface area (TPSA) is 30.5 Å². The number of hydrogen-bond acceptors (Lipinski definition) is 3. The molecule has 0 radical (unpaired) electrons. The van der Waals surface area contributed by atoms with Crippen molar-refractivity contribution in [2.24, 2.45) is 11.8 Å². The molecule has 1 aromatic carbocycles. The lowest BCUT2D eigenvalue weighted by Gasteiger charge is -2.23. The molecule has 1 N–H and O–H groups in total. The molecule has 2 saturated carbocycles. The molecular weight excluding hydrogens is 238 g/mol. The fraction of sp³-hybridized carbons (Fsp3) is 0.625. The van der Waals surface area contributed by atoms with Crippen molar-refractivity contribution in [3.8, 4) is 11.5 Å². The predicted molar refractivity (Wildman–Crippen MR) is 73.4 cm³/mol. The Morgan fingerprint density at radius 2 is 1.74 bits per heavy atom. The summed E-state index contributed by atoms with van der Waals surface area (Å²) < 4.78 is 10.8. The van der Waals surface area contributed by atoms with E-state index in [0.29, 0.717) is 12.8 Å². The van der Waals surface area contributed by atoms with Crippen LogP contribution < -0.4 is 14.8 Å². The van der Waals surface area contributed by atoms with Crippen molar-refractivity contribution in [3.05, 3.63) is 23.8 Å². The van der Waals surface area contributed by atoms with E-state index in [1.165, 1.54) is 31.2 Å². The zero-order chi connectivity index (χ0) is 12.8. The van der Waals surface area contributed by atoms with Crippen LogP contribution in [0.2, 0.25) is 0 Å². The quantitative estimate of drug-likeness (QED) is 0.880. The summed E-state index contributed by atoms with van der Waals surface area (Å²) in [6.45, 7) is 2.61. The lowest BCUT2D eigenvalue weighted by molar-refractivity contribution is 0.174. The molecule has 0 amide bonds. The van der Waals surface area contributed by atoms with E-state index in [2.05, 4.69) is 24.4 Å². The van der Waals surface area contributed by atoms with Crippen molar-refractivity contribution >= 4 is 0 Å². The van der Waals surface area contributed by atoms with Crippen LogP contribution >= 0.6 is 0 Å². The van der Waals surface area contributed by atoms with Crippen molar-refractivity contribution < 1.29 is 9.47 Å². The van der Waals surface area contributed by atoms with Crippen LogP contribution in [0.15, 0.2) is 18.2 Å². The van der Waals surface area contributed by atoms with E-state index in [4.69, 9.17) is 9.47 Å². The van der Waals surface area contributed by atoms with Gasteiger partial charge < -0.3 is 14.8 Å². The fourth-order valence-corrected chi connectivity index (χ4v) is 3.14. The van der Waals surface area contributed by atoms with Crippen molar-refractivity contribution in [1.29, 1.82) is 0 Å². The maximum absolute atomic E-state index is 5.46. The summed E-state index contributed by atoms with van der Waals surface area (Å²) >= 11 is 0. The molecule has 102 valence electrons. The first-order valence-corrected chi connectivity index (χ1v) is 7.47. The Morgan fingerprint density at radius 3 is 2.42 bits per heavy atom. The minimum atomic E-state index is 0.355. The SMILES string of the molecule is CC(NC(C1CC1)C1CC1)c1ccc2c(c1)OCO2. The van der Waals surface area contributed by atoms with Gasteiger partial charge in [-0.25, -0.2) is 0 Å². The molecule has 2 aliphatic carbocycles. The highest BCUT2D eigenvalue weighted by Crippen LogP contribution is 2.45. The maximum atomic E-state index is 5.46. The third kappa shape index (κ3) is 2.32. The minimum Gasteiger partial charge on any atom is -0.454 e. The largest absolute Gasteiger partial charge is 0.454 e.